The molecule has 0 saturated carbocycles. The van der Waals surface area contributed by atoms with E-state index in [0.717, 1.165) is 43.3 Å². The molecule has 1 aromatic heterocycles. The Morgan fingerprint density at radius 2 is 1.96 bits per heavy atom. The van der Waals surface area contributed by atoms with Gasteiger partial charge in [0.1, 0.15) is 5.82 Å². The maximum Gasteiger partial charge on any atom is 0.147 e. The number of benzene rings is 1. The Hall–Kier alpha value is -2.04. The fraction of sp³-hybridized carbons (Fsp3) is 0.300. The summed E-state index contributed by atoms with van der Waals surface area (Å²) < 4.78 is 0. The van der Waals surface area contributed by atoms with Gasteiger partial charge in [0.25, 0.3) is 0 Å². The molecule has 26 heavy (non-hydrogen) atoms. The molecule has 0 bridgehead atoms. The van der Waals surface area contributed by atoms with Gasteiger partial charge in [0, 0.05) is 37.1 Å². The lowest BCUT2D eigenvalue weighted by atomic mass is 9.96. The number of piperidine rings is 1. The van der Waals surface area contributed by atoms with Gasteiger partial charge in [-0.15, -0.1) is 0 Å². The van der Waals surface area contributed by atoms with Gasteiger partial charge in [0.05, 0.1) is 17.4 Å². The summed E-state index contributed by atoms with van der Waals surface area (Å²) in [5.74, 6) is 0.869. The molecule has 0 spiro atoms. The minimum Gasteiger partial charge on any atom is -0.354 e. The van der Waals surface area contributed by atoms with Crippen LogP contribution in [0.25, 0.3) is 0 Å². The van der Waals surface area contributed by atoms with Gasteiger partial charge in [-0.1, -0.05) is 35.3 Å². The fourth-order valence-electron chi connectivity index (χ4n) is 3.54. The van der Waals surface area contributed by atoms with E-state index in [1.54, 1.807) is 6.20 Å². The number of hydrogen-bond donors (Lipinski definition) is 0. The van der Waals surface area contributed by atoms with Crippen LogP contribution in [0, 0.1) is 0 Å². The van der Waals surface area contributed by atoms with E-state index in [0.29, 0.717) is 11.1 Å². The summed E-state index contributed by atoms with van der Waals surface area (Å²) in [6.07, 6.45) is 7.70. The summed E-state index contributed by atoms with van der Waals surface area (Å²) in [4.78, 5) is 13.5. The van der Waals surface area contributed by atoms with Crippen LogP contribution in [-0.4, -0.2) is 41.9 Å². The van der Waals surface area contributed by atoms with E-state index in [2.05, 4.69) is 31.9 Å². The van der Waals surface area contributed by atoms with Crippen LogP contribution in [0.5, 0.6) is 0 Å². The van der Waals surface area contributed by atoms with E-state index in [9.17, 15) is 0 Å². The van der Waals surface area contributed by atoms with Crippen molar-refractivity contribution >= 4 is 35.4 Å². The summed E-state index contributed by atoms with van der Waals surface area (Å²) in [6.45, 7) is 2.70. The van der Waals surface area contributed by atoms with Gasteiger partial charge in [-0.05, 0) is 48.2 Å². The topological polar surface area (TPSA) is 31.7 Å². The number of aromatic nitrogens is 1. The number of aliphatic imine (C=N–C) groups is 1. The van der Waals surface area contributed by atoms with Crippen molar-refractivity contribution < 1.29 is 0 Å². The standard InChI is InChI=1S/C20H20Cl2N4/c21-17-5-3-15(4-6-17)7-10-26-14-23-12-16-8-11-25(13-19(16)26)20-18(22)2-1-9-24-20/h1-6,9,12,14,19H,7-8,10-11,13H2. The zero-order valence-electron chi connectivity index (χ0n) is 14.4. The third-order valence-electron chi connectivity index (χ3n) is 4.96. The molecule has 4 rings (SSSR count). The molecular weight excluding hydrogens is 367 g/mol. The quantitative estimate of drug-likeness (QED) is 0.778. The van der Waals surface area contributed by atoms with Crippen molar-refractivity contribution in [1.29, 1.82) is 0 Å². The molecule has 0 N–H and O–H groups in total. The smallest absolute Gasteiger partial charge is 0.147 e. The van der Waals surface area contributed by atoms with Crippen molar-refractivity contribution in [2.75, 3.05) is 24.5 Å². The molecule has 0 aliphatic carbocycles. The molecule has 1 fully saturated rings. The van der Waals surface area contributed by atoms with E-state index >= 15 is 0 Å². The fourth-order valence-corrected chi connectivity index (χ4v) is 3.90. The molecule has 0 radical (unpaired) electrons. The third kappa shape index (κ3) is 3.71. The van der Waals surface area contributed by atoms with E-state index in [4.69, 9.17) is 23.2 Å². The molecule has 4 nitrogen and oxygen atoms in total. The average Bonchev–Trinajstić information content (AvgIpc) is 2.67. The zero-order valence-corrected chi connectivity index (χ0v) is 15.9. The van der Waals surface area contributed by atoms with Crippen molar-refractivity contribution in [3.63, 3.8) is 0 Å². The maximum absolute atomic E-state index is 6.35. The highest BCUT2D eigenvalue weighted by Crippen LogP contribution is 2.30. The number of halogens is 2. The van der Waals surface area contributed by atoms with Gasteiger partial charge in [-0.3, -0.25) is 0 Å². The number of nitrogens with zero attached hydrogens (tertiary/aromatic N) is 4. The Bertz CT molecular complexity index is 832. The van der Waals surface area contributed by atoms with E-state index in [1.807, 2.05) is 36.8 Å². The minimum atomic E-state index is 0.312. The number of rotatable bonds is 4. The predicted molar refractivity (Wildman–Crippen MR) is 108 cm³/mol. The summed E-state index contributed by atoms with van der Waals surface area (Å²) in [5, 5.41) is 1.48. The number of anilines is 1. The van der Waals surface area contributed by atoms with E-state index in [1.165, 1.54) is 11.1 Å². The molecule has 0 amide bonds. The third-order valence-corrected chi connectivity index (χ3v) is 5.50. The van der Waals surface area contributed by atoms with Crippen LogP contribution in [0.2, 0.25) is 10.0 Å². The lowest BCUT2D eigenvalue weighted by Crippen LogP contribution is -2.50. The van der Waals surface area contributed by atoms with Crippen molar-refractivity contribution in [3.05, 3.63) is 70.0 Å². The second-order valence-corrected chi connectivity index (χ2v) is 7.45. The normalized spacial score (nSPS) is 19.3. The molecule has 1 unspecified atom stereocenters. The van der Waals surface area contributed by atoms with Crippen molar-refractivity contribution in [1.82, 2.24) is 9.88 Å². The Morgan fingerprint density at radius 3 is 2.77 bits per heavy atom. The molecule has 3 heterocycles. The van der Waals surface area contributed by atoms with E-state index < -0.39 is 0 Å². The lowest BCUT2D eigenvalue weighted by molar-refractivity contribution is 0.330. The number of pyridine rings is 1. The molecule has 1 aromatic carbocycles. The van der Waals surface area contributed by atoms with E-state index in [-0.39, 0.29) is 0 Å². The van der Waals surface area contributed by atoms with Crippen molar-refractivity contribution in [2.45, 2.75) is 18.9 Å². The molecule has 2 aliphatic heterocycles. The first kappa shape index (κ1) is 17.4. The molecule has 6 heteroatoms. The van der Waals surface area contributed by atoms with Crippen molar-refractivity contribution in [2.24, 2.45) is 4.99 Å². The first-order chi connectivity index (χ1) is 12.7. The first-order valence-electron chi connectivity index (χ1n) is 8.78. The SMILES string of the molecule is Clc1ccc(CCN2C=NC=C3CCN(c4ncccc4Cl)CC32)cc1. The Balaban J connectivity index is 1.47. The van der Waals surface area contributed by atoms with Crippen LogP contribution in [0.15, 0.2) is 59.4 Å². The van der Waals surface area contributed by atoms with Gasteiger partial charge < -0.3 is 9.80 Å². The summed E-state index contributed by atoms with van der Waals surface area (Å²) in [7, 11) is 0. The number of hydrogen-bond acceptors (Lipinski definition) is 4. The van der Waals surface area contributed by atoms with Crippen LogP contribution in [0.3, 0.4) is 0 Å². The van der Waals surface area contributed by atoms with Crippen LogP contribution in [-0.2, 0) is 6.42 Å². The lowest BCUT2D eigenvalue weighted by Gasteiger charge is -2.42. The highest BCUT2D eigenvalue weighted by atomic mass is 35.5. The van der Waals surface area contributed by atoms with Gasteiger partial charge in [0.15, 0.2) is 0 Å². The number of fused-ring (bicyclic) bond motifs is 1. The van der Waals surface area contributed by atoms with Gasteiger partial charge in [-0.2, -0.15) is 0 Å². The molecule has 134 valence electrons. The van der Waals surface area contributed by atoms with Gasteiger partial charge in [-0.25, -0.2) is 9.98 Å². The summed E-state index contributed by atoms with van der Waals surface area (Å²) in [6, 6.07) is 12.1. The molecule has 2 aliphatic rings. The van der Waals surface area contributed by atoms with Crippen LogP contribution < -0.4 is 4.90 Å². The summed E-state index contributed by atoms with van der Waals surface area (Å²) in [5.41, 5.74) is 2.66. The Kier molecular flexibility index (Phi) is 5.14. The Morgan fingerprint density at radius 1 is 1.12 bits per heavy atom. The molecular formula is C20H20Cl2N4. The van der Waals surface area contributed by atoms with Crippen LogP contribution in [0.1, 0.15) is 12.0 Å². The average molecular weight is 387 g/mol. The van der Waals surface area contributed by atoms with Gasteiger partial charge in [0.2, 0.25) is 0 Å². The molecule has 1 atom stereocenters. The van der Waals surface area contributed by atoms with Crippen LogP contribution >= 0.6 is 23.2 Å². The van der Waals surface area contributed by atoms with Crippen molar-refractivity contribution in [3.8, 4) is 0 Å². The maximum atomic E-state index is 6.35. The largest absolute Gasteiger partial charge is 0.354 e. The first-order valence-corrected chi connectivity index (χ1v) is 9.54. The minimum absolute atomic E-state index is 0.312. The van der Waals surface area contributed by atoms with Gasteiger partial charge >= 0.3 is 0 Å². The van der Waals surface area contributed by atoms with Crippen LogP contribution in [0.4, 0.5) is 5.82 Å². The summed E-state index contributed by atoms with van der Waals surface area (Å²) >= 11 is 12.3. The zero-order chi connectivity index (χ0) is 17.9. The highest BCUT2D eigenvalue weighted by molar-refractivity contribution is 6.32. The highest BCUT2D eigenvalue weighted by Gasteiger charge is 2.30. The Labute approximate surface area is 163 Å². The predicted octanol–water partition coefficient (Wildman–Crippen LogP) is 4.44. The second kappa shape index (κ2) is 7.68. The second-order valence-electron chi connectivity index (χ2n) is 6.60. The molecule has 1 saturated heterocycles. The molecule has 2 aromatic rings. The monoisotopic (exact) mass is 386 g/mol.